The van der Waals surface area contributed by atoms with Gasteiger partial charge in [-0.3, -0.25) is 19.2 Å². The van der Waals surface area contributed by atoms with E-state index in [0.29, 0.717) is 23.0 Å². The van der Waals surface area contributed by atoms with E-state index in [1.807, 2.05) is 13.8 Å². The minimum absolute atomic E-state index is 0.124. The van der Waals surface area contributed by atoms with Gasteiger partial charge in [0, 0.05) is 23.2 Å². The average Bonchev–Trinajstić information content (AvgIpc) is 2.74. The molecule has 3 aromatic rings. The molecular weight excluding hydrogens is 400 g/mol. The maximum absolute atomic E-state index is 12.9. The lowest BCUT2D eigenvalue weighted by Crippen LogP contribution is -2.29. The van der Waals surface area contributed by atoms with Gasteiger partial charge in [-0.15, -0.1) is 0 Å². The van der Waals surface area contributed by atoms with Crippen molar-refractivity contribution in [3.63, 3.8) is 0 Å². The largest absolute Gasteiger partial charge is 0.480 e. The van der Waals surface area contributed by atoms with Crippen LogP contribution in [0.2, 0.25) is 0 Å². The van der Waals surface area contributed by atoms with Crippen LogP contribution in [0.25, 0.3) is 10.8 Å². The number of carboxylic acids is 1. The highest BCUT2D eigenvalue weighted by Crippen LogP contribution is 2.16. The Kier molecular flexibility index (Phi) is 6.44. The zero-order valence-electron chi connectivity index (χ0n) is 17.1. The maximum Gasteiger partial charge on any atom is 0.322 e. The molecule has 3 rings (SSSR count). The van der Waals surface area contributed by atoms with E-state index in [-0.39, 0.29) is 22.7 Å². The Labute approximate surface area is 177 Å². The summed E-state index contributed by atoms with van der Waals surface area (Å²) in [5, 5.41) is 18.8. The molecule has 0 saturated heterocycles. The molecule has 0 aliphatic heterocycles. The summed E-state index contributed by atoms with van der Waals surface area (Å²) in [5.74, 6) is -2.00. The number of carbonyl (C=O) groups is 3. The Morgan fingerprint density at radius 2 is 1.65 bits per heavy atom. The Morgan fingerprint density at radius 3 is 2.26 bits per heavy atom. The molecule has 160 valence electrons. The molecular formula is C22H22N4O5. The zero-order chi connectivity index (χ0) is 22.5. The molecule has 0 fully saturated rings. The fraction of sp³-hybridized carbons (Fsp3) is 0.227. The van der Waals surface area contributed by atoms with Crippen molar-refractivity contribution in [3.05, 3.63) is 70.1 Å². The topological polar surface area (TPSA) is 130 Å². The Balaban J connectivity index is 1.86. The Hall–Kier alpha value is -4.01. The molecule has 31 heavy (non-hydrogen) atoms. The number of carboxylic acid groups (broad SMARTS) is 1. The Morgan fingerprint density at radius 1 is 1.00 bits per heavy atom. The first-order valence-electron chi connectivity index (χ1n) is 9.67. The Bertz CT molecular complexity index is 1200. The SMILES string of the molecule is CC(C)Cn1nc(C(=O)Nc2ccc(C(=O)NCC(=O)O)cc2)c2ccccc2c1=O. The van der Waals surface area contributed by atoms with Crippen molar-refractivity contribution >= 4 is 34.2 Å². The van der Waals surface area contributed by atoms with Crippen molar-refractivity contribution in [1.82, 2.24) is 15.1 Å². The lowest BCUT2D eigenvalue weighted by atomic mass is 10.1. The number of aromatic nitrogens is 2. The van der Waals surface area contributed by atoms with Gasteiger partial charge < -0.3 is 15.7 Å². The third kappa shape index (κ3) is 5.13. The normalized spacial score (nSPS) is 10.8. The van der Waals surface area contributed by atoms with Gasteiger partial charge in [-0.05, 0) is 36.2 Å². The zero-order valence-corrected chi connectivity index (χ0v) is 17.1. The maximum atomic E-state index is 12.9. The summed E-state index contributed by atoms with van der Waals surface area (Å²) in [6, 6.07) is 12.8. The van der Waals surface area contributed by atoms with E-state index in [4.69, 9.17) is 5.11 Å². The van der Waals surface area contributed by atoms with Gasteiger partial charge in [0.15, 0.2) is 5.69 Å². The fourth-order valence-electron chi connectivity index (χ4n) is 3.03. The summed E-state index contributed by atoms with van der Waals surface area (Å²) in [6.07, 6.45) is 0. The summed E-state index contributed by atoms with van der Waals surface area (Å²) in [6.45, 7) is 3.81. The van der Waals surface area contributed by atoms with Crippen LogP contribution in [-0.2, 0) is 11.3 Å². The van der Waals surface area contributed by atoms with E-state index in [2.05, 4.69) is 15.7 Å². The molecule has 2 aromatic carbocycles. The highest BCUT2D eigenvalue weighted by molar-refractivity contribution is 6.11. The number of fused-ring (bicyclic) bond motifs is 1. The standard InChI is InChI=1S/C22H22N4O5/c1-13(2)12-26-22(31)17-6-4-3-5-16(17)19(25-26)21(30)24-15-9-7-14(8-10-15)20(29)23-11-18(27)28/h3-10,13H,11-12H2,1-2H3,(H,23,29)(H,24,30)(H,27,28). The molecule has 1 aromatic heterocycles. The summed E-state index contributed by atoms with van der Waals surface area (Å²) < 4.78 is 1.30. The van der Waals surface area contributed by atoms with Gasteiger partial charge in [0.1, 0.15) is 6.54 Å². The van der Waals surface area contributed by atoms with Crippen LogP contribution in [0.5, 0.6) is 0 Å². The number of nitrogens with one attached hydrogen (secondary N) is 2. The molecule has 9 heteroatoms. The van der Waals surface area contributed by atoms with Crippen molar-refractivity contribution in [1.29, 1.82) is 0 Å². The van der Waals surface area contributed by atoms with Crippen molar-refractivity contribution in [3.8, 4) is 0 Å². The molecule has 1 heterocycles. The van der Waals surface area contributed by atoms with Gasteiger partial charge in [0.25, 0.3) is 17.4 Å². The molecule has 0 bridgehead atoms. The molecule has 0 unspecified atom stereocenters. The number of carbonyl (C=O) groups excluding carboxylic acids is 2. The highest BCUT2D eigenvalue weighted by atomic mass is 16.4. The van der Waals surface area contributed by atoms with E-state index >= 15 is 0 Å². The predicted molar refractivity (Wildman–Crippen MR) is 115 cm³/mol. The molecule has 0 atom stereocenters. The van der Waals surface area contributed by atoms with Crippen molar-refractivity contribution in [2.24, 2.45) is 5.92 Å². The van der Waals surface area contributed by atoms with Crippen LogP contribution in [0.1, 0.15) is 34.7 Å². The van der Waals surface area contributed by atoms with Gasteiger partial charge in [-0.1, -0.05) is 32.0 Å². The minimum atomic E-state index is -1.14. The summed E-state index contributed by atoms with van der Waals surface area (Å²) in [7, 11) is 0. The van der Waals surface area contributed by atoms with Gasteiger partial charge in [-0.2, -0.15) is 5.10 Å². The second-order valence-electron chi connectivity index (χ2n) is 7.38. The summed E-state index contributed by atoms with van der Waals surface area (Å²) in [4.78, 5) is 48.1. The van der Waals surface area contributed by atoms with Crippen molar-refractivity contribution in [2.75, 3.05) is 11.9 Å². The second kappa shape index (κ2) is 9.21. The predicted octanol–water partition coefficient (Wildman–Crippen LogP) is 2.12. The molecule has 3 N–H and O–H groups in total. The number of amides is 2. The van der Waals surface area contributed by atoms with Gasteiger partial charge >= 0.3 is 5.97 Å². The second-order valence-corrected chi connectivity index (χ2v) is 7.38. The molecule has 0 radical (unpaired) electrons. The number of hydrogen-bond acceptors (Lipinski definition) is 5. The molecule has 0 saturated carbocycles. The monoisotopic (exact) mass is 422 g/mol. The fourth-order valence-corrected chi connectivity index (χ4v) is 3.03. The molecule has 0 spiro atoms. The van der Waals surface area contributed by atoms with Crippen LogP contribution in [0.3, 0.4) is 0 Å². The van der Waals surface area contributed by atoms with Gasteiger partial charge in [0.2, 0.25) is 0 Å². The van der Waals surface area contributed by atoms with Crippen LogP contribution in [0, 0.1) is 5.92 Å². The van der Waals surface area contributed by atoms with Gasteiger partial charge in [-0.25, -0.2) is 4.68 Å². The number of benzene rings is 2. The number of nitrogens with zero attached hydrogens (tertiary/aromatic N) is 2. The smallest absolute Gasteiger partial charge is 0.322 e. The molecule has 2 amide bonds. The number of hydrogen-bond donors (Lipinski definition) is 3. The third-order valence-electron chi connectivity index (χ3n) is 4.43. The van der Waals surface area contributed by atoms with Crippen LogP contribution in [-0.4, -0.2) is 39.2 Å². The minimum Gasteiger partial charge on any atom is -0.480 e. The number of aliphatic carboxylic acids is 1. The first-order chi connectivity index (χ1) is 14.8. The van der Waals surface area contributed by atoms with Gasteiger partial charge in [0.05, 0.1) is 5.39 Å². The lowest BCUT2D eigenvalue weighted by molar-refractivity contribution is -0.135. The van der Waals surface area contributed by atoms with Crippen molar-refractivity contribution < 1.29 is 19.5 Å². The third-order valence-corrected chi connectivity index (χ3v) is 4.43. The van der Waals surface area contributed by atoms with E-state index in [9.17, 15) is 19.2 Å². The molecule has 0 aliphatic rings. The first kappa shape index (κ1) is 21.7. The van der Waals surface area contributed by atoms with Crippen LogP contribution in [0.4, 0.5) is 5.69 Å². The van der Waals surface area contributed by atoms with E-state index in [1.165, 1.54) is 28.9 Å². The summed E-state index contributed by atoms with van der Waals surface area (Å²) in [5.41, 5.74) is 0.553. The molecule has 9 nitrogen and oxygen atoms in total. The van der Waals surface area contributed by atoms with Crippen LogP contribution < -0.4 is 16.2 Å². The van der Waals surface area contributed by atoms with Crippen molar-refractivity contribution in [2.45, 2.75) is 20.4 Å². The van der Waals surface area contributed by atoms with Crippen LogP contribution >= 0.6 is 0 Å². The summed E-state index contributed by atoms with van der Waals surface area (Å²) >= 11 is 0. The van der Waals surface area contributed by atoms with Crippen LogP contribution in [0.15, 0.2) is 53.3 Å². The average molecular weight is 422 g/mol. The quantitative estimate of drug-likeness (QED) is 0.535. The van der Waals surface area contributed by atoms with E-state index in [1.54, 1.807) is 24.3 Å². The first-order valence-corrected chi connectivity index (χ1v) is 9.67. The van der Waals surface area contributed by atoms with E-state index < -0.39 is 24.3 Å². The number of anilines is 1. The molecule has 0 aliphatic carbocycles. The lowest BCUT2D eigenvalue weighted by Gasteiger charge is -2.13. The highest BCUT2D eigenvalue weighted by Gasteiger charge is 2.17. The van der Waals surface area contributed by atoms with E-state index in [0.717, 1.165) is 0 Å². The number of rotatable bonds is 7.